The van der Waals surface area contributed by atoms with Crippen LogP contribution in [-0.4, -0.2) is 54.3 Å². The van der Waals surface area contributed by atoms with Crippen molar-refractivity contribution < 1.29 is 14.0 Å². The first-order valence-electron chi connectivity index (χ1n) is 9.06. The summed E-state index contributed by atoms with van der Waals surface area (Å²) in [5.74, 6) is -0.607. The number of carbonyl (C=O) groups is 2. The fraction of sp³-hybridized carbons (Fsp3) is 0.333. The van der Waals surface area contributed by atoms with Crippen LogP contribution in [0, 0.1) is 19.7 Å². The molecule has 2 aromatic rings. The van der Waals surface area contributed by atoms with E-state index in [-0.39, 0.29) is 24.2 Å². The van der Waals surface area contributed by atoms with Crippen LogP contribution in [0.1, 0.15) is 21.5 Å². The number of anilines is 1. The summed E-state index contributed by atoms with van der Waals surface area (Å²) in [4.78, 5) is 28.4. The van der Waals surface area contributed by atoms with Gasteiger partial charge in [0.1, 0.15) is 5.82 Å². The number of hydrogen-bond donors (Lipinski definition) is 1. The van der Waals surface area contributed by atoms with Crippen molar-refractivity contribution in [1.29, 1.82) is 0 Å². The predicted molar refractivity (Wildman–Crippen MR) is 103 cm³/mol. The number of nitrogens with one attached hydrogen (secondary N) is 1. The molecule has 1 N–H and O–H groups in total. The highest BCUT2D eigenvalue weighted by Crippen LogP contribution is 2.14. The van der Waals surface area contributed by atoms with E-state index in [9.17, 15) is 14.0 Å². The summed E-state index contributed by atoms with van der Waals surface area (Å²) >= 11 is 0. The molecule has 0 bridgehead atoms. The highest BCUT2D eigenvalue weighted by atomic mass is 19.1. The number of benzene rings is 2. The van der Waals surface area contributed by atoms with E-state index in [1.165, 1.54) is 6.07 Å². The van der Waals surface area contributed by atoms with Gasteiger partial charge in [0.05, 0.1) is 6.54 Å². The van der Waals surface area contributed by atoms with Crippen molar-refractivity contribution in [2.24, 2.45) is 0 Å². The Hall–Kier alpha value is -2.73. The Bertz CT molecular complexity index is 828. The summed E-state index contributed by atoms with van der Waals surface area (Å²) in [7, 11) is 0. The number of rotatable bonds is 4. The van der Waals surface area contributed by atoms with Crippen LogP contribution in [0.5, 0.6) is 0 Å². The van der Waals surface area contributed by atoms with Gasteiger partial charge in [-0.05, 0) is 43.7 Å². The molecule has 0 aromatic heterocycles. The van der Waals surface area contributed by atoms with E-state index >= 15 is 0 Å². The van der Waals surface area contributed by atoms with E-state index in [0.717, 1.165) is 11.3 Å². The quantitative estimate of drug-likeness (QED) is 0.902. The molecule has 1 fully saturated rings. The maximum Gasteiger partial charge on any atom is 0.254 e. The Morgan fingerprint density at radius 2 is 1.67 bits per heavy atom. The zero-order valence-corrected chi connectivity index (χ0v) is 15.7. The standard InChI is InChI=1S/C21H24FN3O2/c1-15-3-7-18(8-4-15)23-20(26)14-24-9-11-25(12-10-24)21(27)17-6-5-16(2)19(22)13-17/h3-8,13H,9-12,14H2,1-2H3,(H,23,26). The first-order valence-corrected chi connectivity index (χ1v) is 9.06. The van der Waals surface area contributed by atoms with Gasteiger partial charge in [-0.25, -0.2) is 4.39 Å². The second-order valence-corrected chi connectivity index (χ2v) is 6.95. The van der Waals surface area contributed by atoms with E-state index < -0.39 is 0 Å². The van der Waals surface area contributed by atoms with Crippen LogP contribution in [0.4, 0.5) is 10.1 Å². The number of amides is 2. The lowest BCUT2D eigenvalue weighted by Gasteiger charge is -2.34. The highest BCUT2D eigenvalue weighted by molar-refractivity contribution is 5.94. The SMILES string of the molecule is Cc1ccc(NC(=O)CN2CCN(C(=O)c3ccc(C)c(F)c3)CC2)cc1. The maximum atomic E-state index is 13.7. The first kappa shape index (κ1) is 19.0. The van der Waals surface area contributed by atoms with Crippen LogP contribution in [-0.2, 0) is 4.79 Å². The van der Waals surface area contributed by atoms with E-state index in [2.05, 4.69) is 5.32 Å². The molecule has 1 aliphatic rings. The van der Waals surface area contributed by atoms with Crippen LogP contribution in [0.25, 0.3) is 0 Å². The van der Waals surface area contributed by atoms with Crippen molar-refractivity contribution >= 4 is 17.5 Å². The lowest BCUT2D eigenvalue weighted by Crippen LogP contribution is -2.50. The van der Waals surface area contributed by atoms with Crippen molar-refractivity contribution in [3.63, 3.8) is 0 Å². The van der Waals surface area contributed by atoms with Gasteiger partial charge in [-0.15, -0.1) is 0 Å². The van der Waals surface area contributed by atoms with E-state index in [1.807, 2.05) is 36.1 Å². The minimum atomic E-state index is -0.368. The third-order valence-electron chi connectivity index (χ3n) is 4.78. The van der Waals surface area contributed by atoms with Gasteiger partial charge in [-0.1, -0.05) is 23.8 Å². The summed E-state index contributed by atoms with van der Waals surface area (Å²) < 4.78 is 13.7. The molecule has 0 radical (unpaired) electrons. The van der Waals surface area contributed by atoms with Crippen molar-refractivity contribution in [2.75, 3.05) is 38.0 Å². The normalized spacial score (nSPS) is 14.9. The lowest BCUT2D eigenvalue weighted by molar-refractivity contribution is -0.117. The number of hydrogen-bond acceptors (Lipinski definition) is 3. The van der Waals surface area contributed by atoms with Gasteiger partial charge in [-0.3, -0.25) is 14.5 Å². The van der Waals surface area contributed by atoms with E-state index in [4.69, 9.17) is 0 Å². The number of halogens is 1. The summed E-state index contributed by atoms with van der Waals surface area (Å²) in [6.07, 6.45) is 0. The average Bonchev–Trinajstić information content (AvgIpc) is 2.66. The third-order valence-corrected chi connectivity index (χ3v) is 4.78. The van der Waals surface area contributed by atoms with Gasteiger partial charge in [0.25, 0.3) is 5.91 Å². The Morgan fingerprint density at radius 1 is 1.00 bits per heavy atom. The van der Waals surface area contributed by atoms with E-state index in [1.54, 1.807) is 24.0 Å². The molecule has 1 saturated heterocycles. The average molecular weight is 369 g/mol. The fourth-order valence-electron chi connectivity index (χ4n) is 3.06. The fourth-order valence-corrected chi connectivity index (χ4v) is 3.06. The molecular formula is C21H24FN3O2. The summed E-state index contributed by atoms with van der Waals surface area (Å²) in [5, 5.41) is 2.88. The van der Waals surface area contributed by atoms with Gasteiger partial charge >= 0.3 is 0 Å². The molecule has 2 aromatic carbocycles. The zero-order valence-electron chi connectivity index (χ0n) is 15.7. The lowest BCUT2D eigenvalue weighted by atomic mass is 10.1. The van der Waals surface area contributed by atoms with Gasteiger partial charge in [0.15, 0.2) is 0 Å². The minimum Gasteiger partial charge on any atom is -0.336 e. The molecule has 1 heterocycles. The Morgan fingerprint density at radius 3 is 2.30 bits per heavy atom. The molecule has 2 amide bonds. The Labute approximate surface area is 158 Å². The van der Waals surface area contributed by atoms with Crippen LogP contribution >= 0.6 is 0 Å². The topological polar surface area (TPSA) is 52.7 Å². The van der Waals surface area contributed by atoms with Gasteiger partial charge in [-0.2, -0.15) is 0 Å². The number of aryl methyl sites for hydroxylation is 2. The molecule has 1 aliphatic heterocycles. The molecule has 0 saturated carbocycles. The van der Waals surface area contributed by atoms with Crippen LogP contribution in [0.15, 0.2) is 42.5 Å². The van der Waals surface area contributed by atoms with Gasteiger partial charge < -0.3 is 10.2 Å². The van der Waals surface area contributed by atoms with E-state index in [0.29, 0.717) is 37.3 Å². The third kappa shape index (κ3) is 4.92. The van der Waals surface area contributed by atoms with Crippen LogP contribution in [0.2, 0.25) is 0 Å². The molecule has 3 rings (SSSR count). The summed E-state index contributed by atoms with van der Waals surface area (Å²) in [5.41, 5.74) is 2.81. The Balaban J connectivity index is 1.49. The molecule has 0 unspecified atom stereocenters. The molecule has 5 nitrogen and oxygen atoms in total. The predicted octanol–water partition coefficient (Wildman–Crippen LogP) is 2.84. The molecular weight excluding hydrogens is 345 g/mol. The van der Waals surface area contributed by atoms with Crippen LogP contribution < -0.4 is 5.32 Å². The van der Waals surface area contributed by atoms with Crippen molar-refractivity contribution in [2.45, 2.75) is 13.8 Å². The Kier molecular flexibility index (Phi) is 5.86. The second-order valence-electron chi connectivity index (χ2n) is 6.95. The van der Waals surface area contributed by atoms with Crippen molar-refractivity contribution in [3.05, 3.63) is 65.0 Å². The molecule has 0 atom stereocenters. The first-order chi connectivity index (χ1) is 12.9. The molecule has 6 heteroatoms. The molecule has 0 spiro atoms. The second kappa shape index (κ2) is 8.31. The minimum absolute atomic E-state index is 0.0702. The number of piperazine rings is 1. The molecule has 142 valence electrons. The summed E-state index contributed by atoms with van der Waals surface area (Å²) in [6.45, 7) is 6.22. The highest BCUT2D eigenvalue weighted by Gasteiger charge is 2.23. The zero-order chi connectivity index (χ0) is 19.4. The van der Waals surface area contributed by atoms with Gasteiger partial charge in [0.2, 0.25) is 5.91 Å². The van der Waals surface area contributed by atoms with Crippen molar-refractivity contribution in [1.82, 2.24) is 9.80 Å². The molecule has 0 aliphatic carbocycles. The van der Waals surface area contributed by atoms with Gasteiger partial charge in [0, 0.05) is 37.4 Å². The number of carbonyl (C=O) groups excluding carboxylic acids is 2. The molecule has 27 heavy (non-hydrogen) atoms. The maximum absolute atomic E-state index is 13.7. The smallest absolute Gasteiger partial charge is 0.254 e. The van der Waals surface area contributed by atoms with Crippen molar-refractivity contribution in [3.8, 4) is 0 Å². The monoisotopic (exact) mass is 369 g/mol. The van der Waals surface area contributed by atoms with Crippen LogP contribution in [0.3, 0.4) is 0 Å². The summed E-state index contributed by atoms with van der Waals surface area (Å²) in [6, 6.07) is 12.2. The number of nitrogens with zero attached hydrogens (tertiary/aromatic N) is 2. The largest absolute Gasteiger partial charge is 0.336 e.